The lowest BCUT2D eigenvalue weighted by Crippen LogP contribution is -2.49. The van der Waals surface area contributed by atoms with Gasteiger partial charge in [-0.15, -0.1) is 0 Å². The molecule has 1 heterocycles. The Morgan fingerprint density at radius 1 is 1.09 bits per heavy atom. The number of carbonyl (C=O) groups is 2. The Kier molecular flexibility index (Phi) is 9.01. The second kappa shape index (κ2) is 11.9. The predicted octanol–water partition coefficient (Wildman–Crippen LogP) is 4.62. The Morgan fingerprint density at radius 3 is 2.52 bits per heavy atom. The molecule has 1 N–H and O–H groups in total. The molecule has 3 rings (SSSR count). The molecule has 0 spiro atoms. The second-order valence-electron chi connectivity index (χ2n) is 8.65. The summed E-state index contributed by atoms with van der Waals surface area (Å²) in [5.41, 5.74) is 1.81. The fourth-order valence-corrected chi connectivity index (χ4v) is 3.99. The van der Waals surface area contributed by atoms with Crippen LogP contribution in [0.1, 0.15) is 44.7 Å². The number of aryl methyl sites for hydroxylation is 1. The number of fused-ring (bicyclic) bond motifs is 1. The maximum atomic E-state index is 13.4. The zero-order chi connectivity index (χ0) is 23.8. The first kappa shape index (κ1) is 24.9. The molecule has 0 radical (unpaired) electrons. The van der Waals surface area contributed by atoms with Crippen LogP contribution < -0.4 is 14.8 Å². The maximum absolute atomic E-state index is 13.4. The molecule has 0 saturated heterocycles. The molecule has 178 valence electrons. The summed E-state index contributed by atoms with van der Waals surface area (Å²) in [5, 5.41) is 3.56. The molecule has 2 amide bonds. The highest BCUT2D eigenvalue weighted by Crippen LogP contribution is 2.31. The van der Waals surface area contributed by atoms with E-state index in [4.69, 9.17) is 21.1 Å². The van der Waals surface area contributed by atoms with Crippen molar-refractivity contribution >= 4 is 23.4 Å². The molecule has 2 aromatic carbocycles. The highest BCUT2D eigenvalue weighted by molar-refractivity contribution is 6.31. The number of benzene rings is 2. The van der Waals surface area contributed by atoms with E-state index in [0.29, 0.717) is 49.3 Å². The Balaban J connectivity index is 1.76. The van der Waals surface area contributed by atoms with Gasteiger partial charge in [-0.2, -0.15) is 0 Å². The van der Waals surface area contributed by atoms with Crippen molar-refractivity contribution in [1.82, 2.24) is 10.2 Å². The van der Waals surface area contributed by atoms with E-state index in [0.717, 1.165) is 16.9 Å². The fraction of sp³-hybridized carbons (Fsp3) is 0.462. The lowest BCUT2D eigenvalue weighted by atomic mass is 10.1. The van der Waals surface area contributed by atoms with E-state index >= 15 is 0 Å². The topological polar surface area (TPSA) is 67.9 Å². The highest BCUT2D eigenvalue weighted by atomic mass is 35.5. The van der Waals surface area contributed by atoms with Crippen LogP contribution in [0.4, 0.5) is 0 Å². The lowest BCUT2D eigenvalue weighted by molar-refractivity contribution is -0.141. The molecule has 0 aliphatic carbocycles. The third-order valence-electron chi connectivity index (χ3n) is 5.60. The van der Waals surface area contributed by atoms with Crippen molar-refractivity contribution in [3.63, 3.8) is 0 Å². The van der Waals surface area contributed by atoms with E-state index in [-0.39, 0.29) is 24.8 Å². The molecule has 33 heavy (non-hydrogen) atoms. The standard InChI is InChI=1S/C26H33ClN2O4/c1-4-22(26(31)28-16-18(2)3)29(17-20-7-5-6-8-21(20)27)25(30)12-10-19-9-11-23-24(15-19)33-14-13-32-23/h5-9,11,15,18,22H,4,10,12-14,16-17H2,1-3H3,(H,28,31). The summed E-state index contributed by atoms with van der Waals surface area (Å²) in [6.45, 7) is 7.92. The van der Waals surface area contributed by atoms with Crippen LogP contribution >= 0.6 is 11.6 Å². The van der Waals surface area contributed by atoms with Crippen molar-refractivity contribution in [2.24, 2.45) is 5.92 Å². The van der Waals surface area contributed by atoms with Gasteiger partial charge in [-0.25, -0.2) is 0 Å². The van der Waals surface area contributed by atoms with E-state index < -0.39 is 6.04 Å². The van der Waals surface area contributed by atoms with Crippen molar-refractivity contribution in [1.29, 1.82) is 0 Å². The monoisotopic (exact) mass is 472 g/mol. The molecule has 0 aromatic heterocycles. The van der Waals surface area contributed by atoms with Crippen LogP contribution in [0.25, 0.3) is 0 Å². The molecule has 0 fully saturated rings. The minimum atomic E-state index is -0.562. The largest absolute Gasteiger partial charge is 0.486 e. The number of carbonyl (C=O) groups excluding carboxylic acids is 2. The van der Waals surface area contributed by atoms with E-state index in [1.54, 1.807) is 11.0 Å². The van der Waals surface area contributed by atoms with Crippen LogP contribution in [0.3, 0.4) is 0 Å². The predicted molar refractivity (Wildman–Crippen MR) is 130 cm³/mol. The number of amides is 2. The Hall–Kier alpha value is -2.73. The van der Waals surface area contributed by atoms with Crippen LogP contribution in [-0.4, -0.2) is 42.5 Å². The summed E-state index contributed by atoms with van der Waals surface area (Å²) in [6, 6.07) is 12.6. The average Bonchev–Trinajstić information content (AvgIpc) is 2.82. The van der Waals surface area contributed by atoms with Gasteiger partial charge in [-0.3, -0.25) is 9.59 Å². The maximum Gasteiger partial charge on any atom is 0.242 e. The van der Waals surface area contributed by atoms with Crippen molar-refractivity contribution in [2.75, 3.05) is 19.8 Å². The molecule has 7 heteroatoms. The second-order valence-corrected chi connectivity index (χ2v) is 9.06. The number of halogens is 1. The van der Waals surface area contributed by atoms with Gasteiger partial charge in [0.1, 0.15) is 19.3 Å². The van der Waals surface area contributed by atoms with Gasteiger partial charge in [-0.1, -0.05) is 56.6 Å². The zero-order valence-corrected chi connectivity index (χ0v) is 20.4. The van der Waals surface area contributed by atoms with Gasteiger partial charge in [0.25, 0.3) is 0 Å². The number of ether oxygens (including phenoxy) is 2. The minimum absolute atomic E-state index is 0.0867. The van der Waals surface area contributed by atoms with Crippen LogP contribution in [-0.2, 0) is 22.6 Å². The van der Waals surface area contributed by atoms with Crippen LogP contribution in [0, 0.1) is 5.92 Å². The molecule has 1 atom stereocenters. The quantitative estimate of drug-likeness (QED) is 0.547. The first-order valence-electron chi connectivity index (χ1n) is 11.6. The van der Waals surface area contributed by atoms with Crippen molar-refractivity contribution in [3.05, 3.63) is 58.6 Å². The van der Waals surface area contributed by atoms with Gasteiger partial charge in [-0.05, 0) is 48.1 Å². The smallest absolute Gasteiger partial charge is 0.242 e. The van der Waals surface area contributed by atoms with Gasteiger partial charge < -0.3 is 19.7 Å². The first-order valence-corrected chi connectivity index (χ1v) is 12.0. The van der Waals surface area contributed by atoms with E-state index in [1.807, 2.05) is 57.2 Å². The number of hydrogen-bond acceptors (Lipinski definition) is 4. The molecule has 2 aromatic rings. The Bertz CT molecular complexity index is 963. The first-order chi connectivity index (χ1) is 15.9. The van der Waals surface area contributed by atoms with Crippen LogP contribution in [0.5, 0.6) is 11.5 Å². The third kappa shape index (κ3) is 6.87. The van der Waals surface area contributed by atoms with Gasteiger partial charge in [0.2, 0.25) is 11.8 Å². The Labute approximate surface area is 201 Å². The fourth-order valence-electron chi connectivity index (χ4n) is 3.79. The van der Waals surface area contributed by atoms with Crippen LogP contribution in [0.15, 0.2) is 42.5 Å². The lowest BCUT2D eigenvalue weighted by Gasteiger charge is -2.31. The normalized spacial score (nSPS) is 13.5. The molecule has 0 bridgehead atoms. The number of rotatable bonds is 10. The molecule has 1 aliphatic heterocycles. The van der Waals surface area contributed by atoms with Crippen LogP contribution in [0.2, 0.25) is 5.02 Å². The number of hydrogen-bond donors (Lipinski definition) is 1. The van der Waals surface area contributed by atoms with Gasteiger partial charge in [0.15, 0.2) is 11.5 Å². The summed E-state index contributed by atoms with van der Waals surface area (Å²) in [6.07, 6.45) is 1.33. The van der Waals surface area contributed by atoms with Crippen molar-refractivity contribution in [2.45, 2.75) is 52.6 Å². The summed E-state index contributed by atoms with van der Waals surface area (Å²) >= 11 is 6.38. The molecule has 1 unspecified atom stereocenters. The summed E-state index contributed by atoms with van der Waals surface area (Å²) in [7, 11) is 0. The molecular weight excluding hydrogens is 440 g/mol. The third-order valence-corrected chi connectivity index (χ3v) is 5.97. The van der Waals surface area contributed by atoms with E-state index in [9.17, 15) is 9.59 Å². The van der Waals surface area contributed by atoms with Crippen molar-refractivity contribution in [3.8, 4) is 11.5 Å². The SMILES string of the molecule is CCC(C(=O)NCC(C)C)N(Cc1ccccc1Cl)C(=O)CCc1ccc2c(c1)OCCO2. The summed E-state index contributed by atoms with van der Waals surface area (Å²) in [5.74, 6) is 1.54. The average molecular weight is 473 g/mol. The Morgan fingerprint density at radius 2 is 1.82 bits per heavy atom. The minimum Gasteiger partial charge on any atom is -0.486 e. The highest BCUT2D eigenvalue weighted by Gasteiger charge is 2.29. The zero-order valence-electron chi connectivity index (χ0n) is 19.6. The molecule has 6 nitrogen and oxygen atoms in total. The summed E-state index contributed by atoms with van der Waals surface area (Å²) in [4.78, 5) is 28.0. The number of nitrogens with one attached hydrogen (secondary N) is 1. The van der Waals surface area contributed by atoms with Gasteiger partial charge in [0.05, 0.1) is 0 Å². The van der Waals surface area contributed by atoms with Gasteiger partial charge in [0, 0.05) is 24.5 Å². The van der Waals surface area contributed by atoms with E-state index in [2.05, 4.69) is 5.32 Å². The number of nitrogens with zero attached hydrogens (tertiary/aromatic N) is 1. The van der Waals surface area contributed by atoms with Gasteiger partial charge >= 0.3 is 0 Å². The molecule has 0 saturated carbocycles. The van der Waals surface area contributed by atoms with E-state index in [1.165, 1.54) is 0 Å². The van der Waals surface area contributed by atoms with Crippen molar-refractivity contribution < 1.29 is 19.1 Å². The molecular formula is C26H33ClN2O4. The molecule has 1 aliphatic rings. The summed E-state index contributed by atoms with van der Waals surface area (Å²) < 4.78 is 11.2.